The van der Waals surface area contributed by atoms with Crippen molar-refractivity contribution in [2.24, 2.45) is 0 Å². The van der Waals surface area contributed by atoms with Crippen LogP contribution in [0.3, 0.4) is 0 Å². The molecule has 0 aliphatic carbocycles. The molecular formula is C22H28N2O5S. The van der Waals surface area contributed by atoms with Crippen LogP contribution in [0, 0.1) is 0 Å². The number of ether oxygens (including phenoxy) is 2. The zero-order valence-electron chi connectivity index (χ0n) is 17.5. The van der Waals surface area contributed by atoms with Gasteiger partial charge < -0.3 is 14.8 Å². The SMILES string of the molecule is CC(NC(=O)c1ccc(OCC2CCCO2)cc1)c1ccc(S(=O)(=O)N(C)C)cc1. The van der Waals surface area contributed by atoms with E-state index in [1.165, 1.54) is 18.4 Å². The second kappa shape index (κ2) is 9.59. The summed E-state index contributed by atoms with van der Waals surface area (Å²) in [4.78, 5) is 12.8. The molecular weight excluding hydrogens is 404 g/mol. The van der Waals surface area contributed by atoms with Crippen LogP contribution in [-0.4, -0.2) is 52.0 Å². The fourth-order valence-electron chi connectivity index (χ4n) is 3.17. The number of carbonyl (C=O) groups is 1. The molecule has 2 atom stereocenters. The third kappa shape index (κ3) is 5.38. The van der Waals surface area contributed by atoms with Gasteiger partial charge in [0.05, 0.1) is 17.0 Å². The first-order valence-electron chi connectivity index (χ1n) is 9.95. The van der Waals surface area contributed by atoms with Crippen LogP contribution in [0.5, 0.6) is 5.75 Å². The molecule has 0 aromatic heterocycles. The van der Waals surface area contributed by atoms with Gasteiger partial charge in [0.2, 0.25) is 10.0 Å². The molecule has 1 heterocycles. The first-order chi connectivity index (χ1) is 14.3. The number of hydrogen-bond acceptors (Lipinski definition) is 5. The quantitative estimate of drug-likeness (QED) is 0.693. The zero-order valence-corrected chi connectivity index (χ0v) is 18.3. The molecule has 0 spiro atoms. The Morgan fingerprint density at radius 2 is 1.83 bits per heavy atom. The van der Waals surface area contributed by atoms with Crippen molar-refractivity contribution >= 4 is 15.9 Å². The van der Waals surface area contributed by atoms with Crippen molar-refractivity contribution in [2.75, 3.05) is 27.3 Å². The van der Waals surface area contributed by atoms with E-state index >= 15 is 0 Å². The molecule has 7 nitrogen and oxygen atoms in total. The standard InChI is InChI=1S/C22H28N2O5S/c1-16(17-8-12-21(13-9-17)30(26,27)24(2)3)23-22(25)18-6-10-19(11-7-18)29-15-20-5-4-14-28-20/h6-13,16,20H,4-5,14-15H2,1-3H3,(H,23,25). The Morgan fingerprint density at radius 3 is 2.40 bits per heavy atom. The molecule has 1 saturated heterocycles. The average Bonchev–Trinajstić information content (AvgIpc) is 3.26. The largest absolute Gasteiger partial charge is 0.491 e. The summed E-state index contributed by atoms with van der Waals surface area (Å²) in [6, 6.07) is 13.2. The summed E-state index contributed by atoms with van der Waals surface area (Å²) in [5.74, 6) is 0.492. The Kier molecular flexibility index (Phi) is 7.12. The van der Waals surface area contributed by atoms with E-state index in [1.807, 2.05) is 6.92 Å². The summed E-state index contributed by atoms with van der Waals surface area (Å²) >= 11 is 0. The van der Waals surface area contributed by atoms with Gasteiger partial charge in [-0.25, -0.2) is 12.7 Å². The molecule has 2 aromatic rings. The molecule has 2 aromatic carbocycles. The summed E-state index contributed by atoms with van der Waals surface area (Å²) in [5, 5.41) is 2.93. The summed E-state index contributed by atoms with van der Waals surface area (Å²) in [7, 11) is -0.492. The smallest absolute Gasteiger partial charge is 0.251 e. The lowest BCUT2D eigenvalue weighted by Crippen LogP contribution is -2.26. The van der Waals surface area contributed by atoms with Gasteiger partial charge in [0, 0.05) is 26.3 Å². The fourth-order valence-corrected chi connectivity index (χ4v) is 4.07. The molecule has 1 amide bonds. The number of hydrogen-bond donors (Lipinski definition) is 1. The minimum Gasteiger partial charge on any atom is -0.491 e. The Labute approximate surface area is 178 Å². The molecule has 30 heavy (non-hydrogen) atoms. The lowest BCUT2D eigenvalue weighted by Gasteiger charge is -2.16. The molecule has 0 saturated carbocycles. The van der Waals surface area contributed by atoms with Gasteiger partial charge in [-0.05, 0) is 61.7 Å². The van der Waals surface area contributed by atoms with E-state index in [1.54, 1.807) is 48.5 Å². The highest BCUT2D eigenvalue weighted by atomic mass is 32.2. The average molecular weight is 433 g/mol. The van der Waals surface area contributed by atoms with E-state index in [-0.39, 0.29) is 22.9 Å². The molecule has 1 fully saturated rings. The van der Waals surface area contributed by atoms with Gasteiger partial charge in [-0.3, -0.25) is 4.79 Å². The number of amides is 1. The highest BCUT2D eigenvalue weighted by molar-refractivity contribution is 7.89. The third-order valence-electron chi connectivity index (χ3n) is 5.08. The molecule has 0 bridgehead atoms. The van der Waals surface area contributed by atoms with Gasteiger partial charge in [0.1, 0.15) is 12.4 Å². The van der Waals surface area contributed by atoms with Crippen molar-refractivity contribution in [3.8, 4) is 5.75 Å². The minimum absolute atomic E-state index is 0.146. The van der Waals surface area contributed by atoms with E-state index in [2.05, 4.69) is 5.32 Å². The lowest BCUT2D eigenvalue weighted by atomic mass is 10.1. The number of carbonyl (C=O) groups excluding carboxylic acids is 1. The molecule has 1 aliphatic heterocycles. The van der Waals surface area contributed by atoms with Crippen LogP contribution in [0.4, 0.5) is 0 Å². The molecule has 1 aliphatic rings. The van der Waals surface area contributed by atoms with Gasteiger partial charge in [-0.15, -0.1) is 0 Å². The normalized spacial score (nSPS) is 17.7. The molecule has 1 N–H and O–H groups in total. The van der Waals surface area contributed by atoms with Gasteiger partial charge >= 0.3 is 0 Å². The van der Waals surface area contributed by atoms with E-state index in [0.717, 1.165) is 25.0 Å². The van der Waals surface area contributed by atoms with Gasteiger partial charge in [-0.1, -0.05) is 12.1 Å². The topological polar surface area (TPSA) is 84.9 Å². The minimum atomic E-state index is -3.47. The summed E-state index contributed by atoms with van der Waals surface area (Å²) in [6.07, 6.45) is 2.23. The number of nitrogens with one attached hydrogen (secondary N) is 1. The number of rotatable bonds is 8. The van der Waals surface area contributed by atoms with Crippen molar-refractivity contribution in [1.82, 2.24) is 9.62 Å². The second-order valence-corrected chi connectivity index (χ2v) is 9.67. The second-order valence-electron chi connectivity index (χ2n) is 7.52. The molecule has 0 radical (unpaired) electrons. The number of sulfonamides is 1. The van der Waals surface area contributed by atoms with Gasteiger partial charge in [0.15, 0.2) is 0 Å². The highest BCUT2D eigenvalue weighted by Crippen LogP contribution is 2.20. The summed E-state index contributed by atoms with van der Waals surface area (Å²) in [5.41, 5.74) is 1.34. The van der Waals surface area contributed by atoms with Crippen molar-refractivity contribution in [1.29, 1.82) is 0 Å². The molecule has 8 heteroatoms. The first kappa shape index (κ1) is 22.3. The summed E-state index contributed by atoms with van der Waals surface area (Å²) in [6.45, 7) is 3.16. The highest BCUT2D eigenvalue weighted by Gasteiger charge is 2.18. The Morgan fingerprint density at radius 1 is 1.17 bits per heavy atom. The maximum Gasteiger partial charge on any atom is 0.251 e. The maximum absolute atomic E-state index is 12.5. The maximum atomic E-state index is 12.5. The molecule has 162 valence electrons. The van der Waals surface area contributed by atoms with Crippen molar-refractivity contribution in [2.45, 2.75) is 36.8 Å². The zero-order chi connectivity index (χ0) is 21.7. The van der Waals surface area contributed by atoms with Crippen molar-refractivity contribution in [3.05, 3.63) is 59.7 Å². The van der Waals surface area contributed by atoms with Crippen LogP contribution in [0.15, 0.2) is 53.4 Å². The predicted molar refractivity (Wildman–Crippen MR) is 114 cm³/mol. The van der Waals surface area contributed by atoms with Crippen LogP contribution in [0.1, 0.15) is 41.7 Å². The van der Waals surface area contributed by atoms with E-state index < -0.39 is 10.0 Å². The first-order valence-corrected chi connectivity index (χ1v) is 11.4. The van der Waals surface area contributed by atoms with E-state index in [9.17, 15) is 13.2 Å². The molecule has 2 unspecified atom stereocenters. The van der Waals surface area contributed by atoms with Crippen LogP contribution in [0.2, 0.25) is 0 Å². The predicted octanol–water partition coefficient (Wildman–Crippen LogP) is 2.99. The third-order valence-corrected chi connectivity index (χ3v) is 6.91. The Balaban J connectivity index is 1.57. The molecule has 3 rings (SSSR count). The van der Waals surface area contributed by atoms with Gasteiger partial charge in [-0.2, -0.15) is 0 Å². The Hall–Kier alpha value is -2.42. The van der Waals surface area contributed by atoms with Crippen LogP contribution < -0.4 is 10.1 Å². The monoisotopic (exact) mass is 432 g/mol. The van der Waals surface area contributed by atoms with Crippen molar-refractivity contribution < 1.29 is 22.7 Å². The lowest BCUT2D eigenvalue weighted by molar-refractivity contribution is 0.0679. The summed E-state index contributed by atoms with van der Waals surface area (Å²) < 4.78 is 36.8. The van der Waals surface area contributed by atoms with Crippen LogP contribution in [0.25, 0.3) is 0 Å². The van der Waals surface area contributed by atoms with Gasteiger partial charge in [0.25, 0.3) is 5.91 Å². The van der Waals surface area contributed by atoms with Crippen molar-refractivity contribution in [3.63, 3.8) is 0 Å². The Bertz CT molecular complexity index is 950. The van der Waals surface area contributed by atoms with Crippen LogP contribution >= 0.6 is 0 Å². The number of benzene rings is 2. The number of nitrogens with zero attached hydrogens (tertiary/aromatic N) is 1. The van der Waals surface area contributed by atoms with E-state index in [4.69, 9.17) is 9.47 Å². The van der Waals surface area contributed by atoms with E-state index in [0.29, 0.717) is 17.9 Å². The van der Waals surface area contributed by atoms with Crippen LogP contribution in [-0.2, 0) is 14.8 Å². The fraction of sp³-hybridized carbons (Fsp3) is 0.409.